The number of aliphatic hydroxyl groups is 1. The third-order valence-electron chi connectivity index (χ3n) is 2.33. The molecule has 1 unspecified atom stereocenters. The van der Waals surface area contributed by atoms with Gasteiger partial charge in [0.1, 0.15) is 5.75 Å². The van der Waals surface area contributed by atoms with Gasteiger partial charge in [-0.25, -0.2) is 0 Å². The van der Waals surface area contributed by atoms with Crippen LogP contribution < -0.4 is 4.74 Å². The van der Waals surface area contributed by atoms with Crippen LogP contribution in [0.4, 0.5) is 0 Å². The summed E-state index contributed by atoms with van der Waals surface area (Å²) in [4.78, 5) is 10.6. The van der Waals surface area contributed by atoms with Crippen molar-refractivity contribution in [1.82, 2.24) is 0 Å². The summed E-state index contributed by atoms with van der Waals surface area (Å²) in [5.41, 5.74) is -0.376. The molecule has 0 bridgehead atoms. The molecular weight excluding hydrogens is 220 g/mol. The first-order chi connectivity index (χ1) is 7.93. The molecule has 0 aliphatic carbocycles. The molecule has 0 saturated carbocycles. The normalized spacial score (nSPS) is 14.1. The Morgan fingerprint density at radius 1 is 1.47 bits per heavy atom. The summed E-state index contributed by atoms with van der Waals surface area (Å²) in [5.74, 6) is -0.271. The van der Waals surface area contributed by atoms with E-state index in [1.807, 2.05) is 31.2 Å². The minimum absolute atomic E-state index is 0.272. The maximum atomic E-state index is 10.6. The Balaban J connectivity index is 2.73. The van der Waals surface area contributed by atoms with Crippen molar-refractivity contribution in [2.45, 2.75) is 32.3 Å². The second kappa shape index (κ2) is 5.68. The molecule has 1 rings (SSSR count). The van der Waals surface area contributed by atoms with Crippen molar-refractivity contribution in [1.29, 1.82) is 0 Å². The number of carboxylic acids is 1. The molecule has 17 heavy (non-hydrogen) atoms. The fourth-order valence-electron chi connectivity index (χ4n) is 1.74. The van der Waals surface area contributed by atoms with Crippen molar-refractivity contribution in [3.8, 4) is 5.75 Å². The average Bonchev–Trinajstić information content (AvgIpc) is 2.15. The smallest absolute Gasteiger partial charge is 0.306 e. The van der Waals surface area contributed by atoms with Crippen LogP contribution in [0, 0.1) is 0 Å². The van der Waals surface area contributed by atoms with Gasteiger partial charge in [0.2, 0.25) is 0 Å². The summed E-state index contributed by atoms with van der Waals surface area (Å²) >= 11 is 0. The van der Waals surface area contributed by atoms with Gasteiger partial charge in [0.05, 0.1) is 18.6 Å². The van der Waals surface area contributed by atoms with E-state index in [0.29, 0.717) is 13.0 Å². The van der Waals surface area contributed by atoms with E-state index in [2.05, 4.69) is 0 Å². The minimum atomic E-state index is -1.24. The fourth-order valence-corrected chi connectivity index (χ4v) is 1.74. The molecule has 2 N–H and O–H groups in total. The molecule has 0 amide bonds. The van der Waals surface area contributed by atoms with Crippen LogP contribution in [0.3, 0.4) is 0 Å². The highest BCUT2D eigenvalue weighted by Crippen LogP contribution is 2.20. The molecule has 0 fully saturated rings. The molecule has 0 saturated heterocycles. The van der Waals surface area contributed by atoms with E-state index in [1.54, 1.807) is 0 Å². The van der Waals surface area contributed by atoms with Gasteiger partial charge in [0.15, 0.2) is 0 Å². The van der Waals surface area contributed by atoms with Crippen LogP contribution in [-0.4, -0.2) is 28.4 Å². The van der Waals surface area contributed by atoms with Gasteiger partial charge in [0, 0.05) is 6.42 Å². The van der Waals surface area contributed by atoms with E-state index < -0.39 is 11.6 Å². The highest BCUT2D eigenvalue weighted by atomic mass is 16.5. The molecule has 0 aromatic heterocycles. The first-order valence-corrected chi connectivity index (χ1v) is 5.59. The molecule has 1 aromatic rings. The highest BCUT2D eigenvalue weighted by Gasteiger charge is 2.24. The fraction of sp³-hybridized carbons (Fsp3) is 0.462. The van der Waals surface area contributed by atoms with Gasteiger partial charge in [-0.1, -0.05) is 12.1 Å². The Morgan fingerprint density at radius 3 is 2.76 bits per heavy atom. The van der Waals surface area contributed by atoms with Crippen LogP contribution in [0.25, 0.3) is 0 Å². The quantitative estimate of drug-likeness (QED) is 0.793. The number of carboxylic acid groups (broad SMARTS) is 1. The van der Waals surface area contributed by atoms with Crippen molar-refractivity contribution in [2.75, 3.05) is 6.61 Å². The second-order valence-corrected chi connectivity index (χ2v) is 4.32. The SMILES string of the molecule is CCOc1cccc(CC(C)(O)CC(=O)O)c1. The number of hydrogen-bond donors (Lipinski definition) is 2. The molecule has 0 radical (unpaired) electrons. The Labute approximate surface area is 101 Å². The number of aliphatic carboxylic acids is 1. The summed E-state index contributed by atoms with van der Waals surface area (Å²) in [5, 5.41) is 18.6. The summed E-state index contributed by atoms with van der Waals surface area (Å²) < 4.78 is 5.34. The molecular formula is C13H18O4. The van der Waals surface area contributed by atoms with Crippen LogP contribution in [0.1, 0.15) is 25.8 Å². The Bertz CT molecular complexity index is 385. The van der Waals surface area contributed by atoms with Crippen molar-refractivity contribution in [3.63, 3.8) is 0 Å². The third kappa shape index (κ3) is 4.87. The van der Waals surface area contributed by atoms with Gasteiger partial charge < -0.3 is 14.9 Å². The predicted octanol–water partition coefficient (Wildman–Crippen LogP) is 1.85. The minimum Gasteiger partial charge on any atom is -0.494 e. The van der Waals surface area contributed by atoms with Crippen molar-refractivity contribution in [3.05, 3.63) is 29.8 Å². The lowest BCUT2D eigenvalue weighted by Gasteiger charge is -2.21. The highest BCUT2D eigenvalue weighted by molar-refractivity contribution is 5.68. The number of hydrogen-bond acceptors (Lipinski definition) is 3. The number of rotatable bonds is 6. The zero-order valence-corrected chi connectivity index (χ0v) is 10.1. The lowest BCUT2D eigenvalue weighted by atomic mass is 9.93. The molecule has 94 valence electrons. The Morgan fingerprint density at radius 2 is 2.18 bits per heavy atom. The number of benzene rings is 1. The van der Waals surface area contributed by atoms with E-state index >= 15 is 0 Å². The molecule has 1 atom stereocenters. The lowest BCUT2D eigenvalue weighted by molar-refractivity contribution is -0.141. The van der Waals surface area contributed by atoms with E-state index in [4.69, 9.17) is 9.84 Å². The molecule has 0 aliphatic heterocycles. The van der Waals surface area contributed by atoms with E-state index in [-0.39, 0.29) is 6.42 Å². The summed E-state index contributed by atoms with van der Waals surface area (Å²) in [7, 11) is 0. The van der Waals surface area contributed by atoms with Crippen LogP contribution >= 0.6 is 0 Å². The molecule has 0 heterocycles. The van der Waals surface area contributed by atoms with Gasteiger partial charge in [-0.15, -0.1) is 0 Å². The van der Waals surface area contributed by atoms with Gasteiger partial charge in [-0.3, -0.25) is 4.79 Å². The summed E-state index contributed by atoms with van der Waals surface area (Å²) in [6, 6.07) is 7.33. The standard InChI is InChI=1S/C13H18O4/c1-3-17-11-6-4-5-10(7-11)8-13(2,16)9-12(14)15/h4-7,16H,3,8-9H2,1-2H3,(H,14,15). The van der Waals surface area contributed by atoms with E-state index in [9.17, 15) is 9.90 Å². The Kier molecular flexibility index (Phi) is 4.52. The molecule has 0 aliphatic rings. The van der Waals surface area contributed by atoms with Crippen molar-refractivity contribution < 1.29 is 19.7 Å². The van der Waals surface area contributed by atoms with Crippen LogP contribution in [-0.2, 0) is 11.2 Å². The maximum Gasteiger partial charge on any atom is 0.306 e. The number of carbonyl (C=O) groups is 1. The van der Waals surface area contributed by atoms with E-state index in [0.717, 1.165) is 11.3 Å². The monoisotopic (exact) mass is 238 g/mol. The van der Waals surface area contributed by atoms with Crippen molar-refractivity contribution in [2.24, 2.45) is 0 Å². The average molecular weight is 238 g/mol. The lowest BCUT2D eigenvalue weighted by Crippen LogP contribution is -2.30. The predicted molar refractivity (Wildman–Crippen MR) is 64.2 cm³/mol. The Hall–Kier alpha value is -1.55. The topological polar surface area (TPSA) is 66.8 Å². The summed E-state index contributed by atoms with van der Waals surface area (Å²) in [6.45, 7) is 4.00. The first kappa shape index (κ1) is 13.5. The molecule has 0 spiro atoms. The molecule has 4 heteroatoms. The van der Waals surface area contributed by atoms with Crippen molar-refractivity contribution >= 4 is 5.97 Å². The van der Waals surface area contributed by atoms with Crippen LogP contribution in [0.5, 0.6) is 5.75 Å². The second-order valence-electron chi connectivity index (χ2n) is 4.32. The van der Waals surface area contributed by atoms with Crippen LogP contribution in [0.15, 0.2) is 24.3 Å². The van der Waals surface area contributed by atoms with Gasteiger partial charge in [-0.2, -0.15) is 0 Å². The maximum absolute atomic E-state index is 10.6. The van der Waals surface area contributed by atoms with Gasteiger partial charge in [0.25, 0.3) is 0 Å². The van der Waals surface area contributed by atoms with Gasteiger partial charge in [-0.05, 0) is 31.5 Å². The first-order valence-electron chi connectivity index (χ1n) is 5.59. The number of ether oxygens (including phenoxy) is 1. The van der Waals surface area contributed by atoms with E-state index in [1.165, 1.54) is 6.92 Å². The summed E-state index contributed by atoms with van der Waals surface area (Å²) in [6.07, 6.45) is 0.0199. The largest absolute Gasteiger partial charge is 0.494 e. The zero-order valence-electron chi connectivity index (χ0n) is 10.1. The van der Waals surface area contributed by atoms with Gasteiger partial charge >= 0.3 is 5.97 Å². The molecule has 4 nitrogen and oxygen atoms in total. The van der Waals surface area contributed by atoms with Crippen LogP contribution in [0.2, 0.25) is 0 Å². The molecule has 1 aromatic carbocycles. The zero-order chi connectivity index (χ0) is 12.9. The third-order valence-corrected chi connectivity index (χ3v) is 2.33.